The highest BCUT2D eigenvalue weighted by atomic mass is 16.5. The van der Waals surface area contributed by atoms with Gasteiger partial charge in [0, 0.05) is 13.1 Å². The van der Waals surface area contributed by atoms with Gasteiger partial charge in [-0.05, 0) is 7.05 Å². The summed E-state index contributed by atoms with van der Waals surface area (Å²) < 4.78 is 12.6. The lowest BCUT2D eigenvalue weighted by atomic mass is 10.0. The molecule has 7 nitrogen and oxygen atoms in total. The van der Waals surface area contributed by atoms with Crippen molar-refractivity contribution in [2.75, 3.05) is 20.3 Å². The van der Waals surface area contributed by atoms with E-state index in [9.17, 15) is 0 Å². The number of nitrogens with one attached hydrogen (secondary N) is 1. The average molecular weight is 249 g/mol. The maximum absolute atomic E-state index is 5.43. The molecule has 1 N–H and O–H groups in total. The van der Waals surface area contributed by atoms with Gasteiger partial charge in [0.2, 0.25) is 11.7 Å². The monoisotopic (exact) mass is 249 g/mol. The van der Waals surface area contributed by atoms with Gasteiger partial charge in [0.25, 0.3) is 0 Å². The van der Waals surface area contributed by atoms with Crippen LogP contribution in [0.25, 0.3) is 11.5 Å². The lowest BCUT2D eigenvalue weighted by molar-refractivity contribution is 0.185. The summed E-state index contributed by atoms with van der Waals surface area (Å²) in [5, 5.41) is 7.20. The predicted octanol–water partition coefficient (Wildman–Crippen LogP) is 0.172. The van der Waals surface area contributed by atoms with E-state index in [2.05, 4.69) is 20.4 Å². The zero-order valence-electron chi connectivity index (χ0n) is 10.3. The molecule has 0 bridgehead atoms. The first kappa shape index (κ1) is 11.4. The smallest absolute Gasteiger partial charge is 0.234 e. The van der Waals surface area contributed by atoms with Crippen LogP contribution < -0.4 is 5.32 Å². The molecule has 2 aromatic heterocycles. The number of rotatable bonds is 3. The molecule has 2 aromatic rings. The lowest BCUT2D eigenvalue weighted by Gasteiger charge is -2.11. The molecule has 2 unspecified atom stereocenters. The Morgan fingerprint density at radius 2 is 2.33 bits per heavy atom. The van der Waals surface area contributed by atoms with Gasteiger partial charge in [-0.3, -0.25) is 0 Å². The molecule has 0 aromatic carbocycles. The van der Waals surface area contributed by atoms with Crippen LogP contribution in [0.2, 0.25) is 0 Å². The van der Waals surface area contributed by atoms with Crippen molar-refractivity contribution in [2.45, 2.75) is 12.0 Å². The molecule has 0 radical (unpaired) electrons. The number of hydrogen-bond acceptors (Lipinski definition) is 6. The van der Waals surface area contributed by atoms with E-state index in [4.69, 9.17) is 9.26 Å². The van der Waals surface area contributed by atoms with Crippen molar-refractivity contribution in [1.29, 1.82) is 0 Å². The number of aromatic nitrogens is 4. The minimum Gasteiger partial charge on any atom is -0.379 e. The fourth-order valence-electron chi connectivity index (χ4n) is 2.14. The fourth-order valence-corrected chi connectivity index (χ4v) is 2.14. The first-order valence-corrected chi connectivity index (χ1v) is 5.85. The molecule has 0 aliphatic carbocycles. The molecule has 2 atom stereocenters. The van der Waals surface area contributed by atoms with E-state index in [1.807, 2.05) is 18.7 Å². The van der Waals surface area contributed by atoms with Crippen LogP contribution in [0.3, 0.4) is 0 Å². The van der Waals surface area contributed by atoms with E-state index in [1.54, 1.807) is 12.5 Å². The summed E-state index contributed by atoms with van der Waals surface area (Å²) in [4.78, 5) is 8.48. The summed E-state index contributed by atoms with van der Waals surface area (Å²) in [6.07, 6.45) is 3.43. The maximum Gasteiger partial charge on any atom is 0.234 e. The van der Waals surface area contributed by atoms with Crippen LogP contribution >= 0.6 is 0 Å². The van der Waals surface area contributed by atoms with Gasteiger partial charge in [0.05, 0.1) is 31.7 Å². The Labute approximate surface area is 104 Å². The molecule has 96 valence electrons. The number of nitrogens with zero attached hydrogens (tertiary/aromatic N) is 4. The number of aryl methyl sites for hydroxylation is 1. The first-order chi connectivity index (χ1) is 8.79. The molecular weight excluding hydrogens is 234 g/mol. The van der Waals surface area contributed by atoms with Crippen molar-refractivity contribution in [3.8, 4) is 11.5 Å². The molecule has 3 rings (SSSR count). The van der Waals surface area contributed by atoms with Gasteiger partial charge in [-0.15, -0.1) is 0 Å². The van der Waals surface area contributed by atoms with Gasteiger partial charge in [-0.1, -0.05) is 5.16 Å². The Morgan fingerprint density at radius 1 is 1.44 bits per heavy atom. The number of likely N-dealkylation sites (N-methyl/N-ethyl adjacent to an activating group) is 1. The van der Waals surface area contributed by atoms with Crippen molar-refractivity contribution in [1.82, 2.24) is 25.0 Å². The van der Waals surface area contributed by atoms with Crippen molar-refractivity contribution in [3.63, 3.8) is 0 Å². The summed E-state index contributed by atoms with van der Waals surface area (Å²) in [6.45, 7) is 1.28. The topological polar surface area (TPSA) is 78.0 Å². The van der Waals surface area contributed by atoms with Crippen molar-refractivity contribution in [2.24, 2.45) is 7.05 Å². The van der Waals surface area contributed by atoms with E-state index >= 15 is 0 Å². The van der Waals surface area contributed by atoms with Gasteiger partial charge >= 0.3 is 0 Å². The Morgan fingerprint density at radius 3 is 3.06 bits per heavy atom. The van der Waals surface area contributed by atoms with Crippen molar-refractivity contribution < 1.29 is 9.26 Å². The number of hydrogen-bond donors (Lipinski definition) is 1. The third-order valence-electron chi connectivity index (χ3n) is 3.26. The van der Waals surface area contributed by atoms with Crippen LogP contribution in [0, 0.1) is 0 Å². The zero-order chi connectivity index (χ0) is 12.5. The molecule has 7 heteroatoms. The molecule has 1 aliphatic heterocycles. The van der Waals surface area contributed by atoms with Crippen LogP contribution in [-0.4, -0.2) is 46.0 Å². The Hall–Kier alpha value is -1.73. The van der Waals surface area contributed by atoms with E-state index in [-0.39, 0.29) is 12.0 Å². The minimum absolute atomic E-state index is 0.115. The molecule has 0 amide bonds. The van der Waals surface area contributed by atoms with Crippen molar-refractivity contribution >= 4 is 0 Å². The second-order valence-corrected chi connectivity index (χ2v) is 4.39. The molecular formula is C11H15N5O2. The molecule has 1 fully saturated rings. The second kappa shape index (κ2) is 4.51. The number of imidazole rings is 1. The van der Waals surface area contributed by atoms with Crippen LogP contribution in [-0.2, 0) is 11.8 Å². The van der Waals surface area contributed by atoms with E-state index < -0.39 is 0 Å². The average Bonchev–Trinajstić information content (AvgIpc) is 3.06. The standard InChI is InChI=1S/C11H15N5O2/c1-12-8-5-17-4-7(8)11-14-10(15-18-11)9-3-13-6-16(9)2/h3,6-8,12H,4-5H2,1-2H3. The third kappa shape index (κ3) is 1.81. The fraction of sp³-hybridized carbons (Fsp3) is 0.545. The summed E-state index contributed by atoms with van der Waals surface area (Å²) in [6, 6.07) is 0.227. The number of ether oxygens (including phenoxy) is 1. The van der Waals surface area contributed by atoms with Gasteiger partial charge in [-0.2, -0.15) is 4.98 Å². The van der Waals surface area contributed by atoms with Gasteiger partial charge in [0.1, 0.15) is 5.69 Å². The van der Waals surface area contributed by atoms with Crippen LogP contribution in [0.4, 0.5) is 0 Å². The molecule has 1 aliphatic rings. The van der Waals surface area contributed by atoms with Crippen LogP contribution in [0.5, 0.6) is 0 Å². The summed E-state index contributed by atoms with van der Waals surface area (Å²) in [5.41, 5.74) is 0.838. The summed E-state index contributed by atoms with van der Waals surface area (Å²) in [5.74, 6) is 1.29. The molecule has 18 heavy (non-hydrogen) atoms. The lowest BCUT2D eigenvalue weighted by Crippen LogP contribution is -2.31. The normalized spacial score (nSPS) is 23.7. The zero-order valence-corrected chi connectivity index (χ0v) is 10.3. The maximum atomic E-state index is 5.43. The van der Waals surface area contributed by atoms with E-state index in [1.165, 1.54) is 0 Å². The predicted molar refractivity (Wildman–Crippen MR) is 62.9 cm³/mol. The Kier molecular flexibility index (Phi) is 2.85. The minimum atomic E-state index is 0.115. The molecule has 1 saturated heterocycles. The van der Waals surface area contributed by atoms with E-state index in [0.717, 1.165) is 5.69 Å². The van der Waals surface area contributed by atoms with Gasteiger partial charge in [0.15, 0.2) is 0 Å². The third-order valence-corrected chi connectivity index (χ3v) is 3.26. The van der Waals surface area contributed by atoms with Gasteiger partial charge < -0.3 is 19.1 Å². The first-order valence-electron chi connectivity index (χ1n) is 5.85. The highest BCUT2D eigenvalue weighted by Gasteiger charge is 2.33. The molecule has 0 spiro atoms. The highest BCUT2D eigenvalue weighted by Crippen LogP contribution is 2.26. The van der Waals surface area contributed by atoms with Crippen LogP contribution in [0.15, 0.2) is 17.0 Å². The van der Waals surface area contributed by atoms with Gasteiger partial charge in [-0.25, -0.2) is 4.98 Å². The second-order valence-electron chi connectivity index (χ2n) is 4.39. The largest absolute Gasteiger partial charge is 0.379 e. The summed E-state index contributed by atoms with van der Waals surface area (Å²) in [7, 11) is 3.80. The quantitative estimate of drug-likeness (QED) is 0.835. The Balaban J connectivity index is 1.88. The molecule has 0 saturated carbocycles. The Bertz CT molecular complexity index is 535. The SMILES string of the molecule is CNC1COCC1c1nc(-c2cncn2C)no1. The van der Waals surface area contributed by atoms with E-state index in [0.29, 0.717) is 24.9 Å². The molecule has 3 heterocycles. The van der Waals surface area contributed by atoms with Crippen molar-refractivity contribution in [3.05, 3.63) is 18.4 Å². The van der Waals surface area contributed by atoms with Crippen LogP contribution in [0.1, 0.15) is 11.8 Å². The highest BCUT2D eigenvalue weighted by molar-refractivity contribution is 5.47. The summed E-state index contributed by atoms with van der Waals surface area (Å²) >= 11 is 0.